The molecule has 0 aromatic rings. The van der Waals surface area contributed by atoms with E-state index in [1.54, 1.807) is 6.92 Å². The van der Waals surface area contributed by atoms with Crippen molar-refractivity contribution >= 4 is 13.1 Å². The first-order valence-corrected chi connectivity index (χ1v) is 2.58. The highest BCUT2D eigenvalue weighted by molar-refractivity contribution is 6.41. The van der Waals surface area contributed by atoms with E-state index in [4.69, 9.17) is 0 Å². The molecule has 2 heteroatoms. The van der Waals surface area contributed by atoms with Crippen LogP contribution in [0.4, 0.5) is 0 Å². The van der Waals surface area contributed by atoms with Crippen LogP contribution in [0.1, 0.15) is 13.8 Å². The van der Waals surface area contributed by atoms with E-state index in [0.717, 1.165) is 6.32 Å². The van der Waals surface area contributed by atoms with Gasteiger partial charge < -0.3 is 4.79 Å². The highest BCUT2D eigenvalue weighted by atomic mass is 16.1. The summed E-state index contributed by atoms with van der Waals surface area (Å²) >= 11 is 0. The maximum absolute atomic E-state index is 10.2. The number of carbonyl (C=O) groups is 1. The fourth-order valence-corrected chi connectivity index (χ4v) is 0.348. The molecule has 0 aliphatic carbocycles. The molecule has 0 aromatic heterocycles. The van der Waals surface area contributed by atoms with Gasteiger partial charge in [0.1, 0.15) is 13.1 Å². The Balaban J connectivity index is 2.82. The first kappa shape index (κ1) is 6.73. The van der Waals surface area contributed by atoms with Crippen molar-refractivity contribution < 1.29 is 4.79 Å². The molecule has 0 saturated carbocycles. The smallest absolute Gasteiger partial charge is 0.122 e. The van der Waals surface area contributed by atoms with Crippen LogP contribution in [-0.2, 0) is 4.79 Å². The number of hydrogen-bond donors (Lipinski definition) is 0. The molecule has 0 aliphatic rings. The van der Waals surface area contributed by atoms with Crippen LogP contribution in [0.2, 0.25) is 12.6 Å². The van der Waals surface area contributed by atoms with Crippen molar-refractivity contribution in [3.63, 3.8) is 0 Å². The quantitative estimate of drug-likeness (QED) is 0.482. The van der Waals surface area contributed by atoms with Gasteiger partial charge in [-0.2, -0.15) is 0 Å². The number of rotatable bonds is 3. The third kappa shape index (κ3) is 5.73. The van der Waals surface area contributed by atoms with Gasteiger partial charge in [-0.1, -0.05) is 13.2 Å². The monoisotopic (exact) mass is 97.1 g/mol. The van der Waals surface area contributed by atoms with E-state index in [2.05, 4.69) is 0 Å². The van der Waals surface area contributed by atoms with Crippen LogP contribution in [0, 0.1) is 0 Å². The van der Waals surface area contributed by atoms with Crippen molar-refractivity contribution in [2.75, 3.05) is 0 Å². The average molecular weight is 96.9 g/mol. The fraction of sp³-hybridized carbons (Fsp3) is 0.800. The van der Waals surface area contributed by atoms with Crippen molar-refractivity contribution in [2.24, 2.45) is 0 Å². The highest BCUT2D eigenvalue weighted by Crippen LogP contribution is 1.83. The number of ketones is 1. The normalized spacial score (nSPS) is 8.29. The van der Waals surface area contributed by atoms with E-state index in [1.807, 2.05) is 14.2 Å². The molecule has 0 spiro atoms. The summed E-state index contributed by atoms with van der Waals surface area (Å²) < 4.78 is 0. The number of hydrogen-bond acceptors (Lipinski definition) is 1. The molecular formula is C5H10BO. The predicted octanol–water partition coefficient (Wildman–Crippen LogP) is 1.14. The van der Waals surface area contributed by atoms with Gasteiger partial charge in [-0.05, 0) is 13.2 Å². The van der Waals surface area contributed by atoms with Gasteiger partial charge in [-0.15, -0.1) is 0 Å². The fourth-order valence-electron chi connectivity index (χ4n) is 0.348. The minimum atomic E-state index is 0.252. The molecule has 0 N–H and O–H groups in total. The summed E-state index contributed by atoms with van der Waals surface area (Å²) in [4.78, 5) is 10.2. The van der Waals surface area contributed by atoms with Crippen molar-refractivity contribution in [3.05, 3.63) is 0 Å². The second kappa shape index (κ2) is 3.91. The maximum Gasteiger partial charge on any atom is 0.122 e. The Morgan fingerprint density at radius 1 is 1.71 bits per heavy atom. The second-order valence-electron chi connectivity index (χ2n) is 1.60. The summed E-state index contributed by atoms with van der Waals surface area (Å²) in [5.74, 6) is 0.252. The molecule has 0 fully saturated rings. The van der Waals surface area contributed by atoms with E-state index in [1.165, 1.54) is 0 Å². The molecule has 0 atom stereocenters. The third-order valence-corrected chi connectivity index (χ3v) is 0.720. The van der Waals surface area contributed by atoms with E-state index in [-0.39, 0.29) is 5.78 Å². The van der Waals surface area contributed by atoms with E-state index in [0.29, 0.717) is 6.32 Å². The van der Waals surface area contributed by atoms with Crippen LogP contribution in [-0.4, -0.2) is 13.1 Å². The van der Waals surface area contributed by atoms with Crippen molar-refractivity contribution in [2.45, 2.75) is 26.5 Å². The first-order chi connectivity index (χ1) is 3.27. The van der Waals surface area contributed by atoms with E-state index < -0.39 is 0 Å². The molecule has 0 rings (SSSR count). The minimum absolute atomic E-state index is 0.252. The van der Waals surface area contributed by atoms with Gasteiger partial charge in [0.2, 0.25) is 0 Å². The van der Waals surface area contributed by atoms with E-state index >= 15 is 0 Å². The third-order valence-electron chi connectivity index (χ3n) is 0.720. The Labute approximate surface area is 45.3 Å². The van der Waals surface area contributed by atoms with Crippen LogP contribution in [0.5, 0.6) is 0 Å². The summed E-state index contributed by atoms with van der Waals surface area (Å²) in [5.41, 5.74) is 0. The summed E-state index contributed by atoms with van der Waals surface area (Å²) in [6.45, 7) is 3.63. The van der Waals surface area contributed by atoms with Crippen LogP contribution in [0.3, 0.4) is 0 Å². The van der Waals surface area contributed by atoms with Gasteiger partial charge in [0.15, 0.2) is 0 Å². The molecule has 0 bridgehead atoms. The number of Topliss-reactive ketones (excluding diaryl/α,β-unsaturated/α-hetero) is 1. The van der Waals surface area contributed by atoms with Gasteiger partial charge in [-0.25, -0.2) is 0 Å². The van der Waals surface area contributed by atoms with Gasteiger partial charge in [0.05, 0.1) is 0 Å². The second-order valence-corrected chi connectivity index (χ2v) is 1.60. The Kier molecular flexibility index (Phi) is 3.76. The molecule has 0 aliphatic heterocycles. The number of carbonyl (C=O) groups excluding carboxylic acids is 1. The molecule has 39 valence electrons. The zero-order valence-electron chi connectivity index (χ0n) is 4.90. The minimum Gasteiger partial charge on any atom is -0.301 e. The lowest BCUT2D eigenvalue weighted by Crippen LogP contribution is -1.94. The van der Waals surface area contributed by atoms with Crippen molar-refractivity contribution in [3.8, 4) is 0 Å². The molecule has 1 nitrogen and oxygen atoms in total. The van der Waals surface area contributed by atoms with E-state index in [9.17, 15) is 4.79 Å². The molecular weight excluding hydrogens is 86.9 g/mol. The average Bonchev–Trinajstić information content (AvgIpc) is 1.61. The van der Waals surface area contributed by atoms with Gasteiger partial charge in [-0.3, -0.25) is 0 Å². The molecule has 0 aromatic carbocycles. The van der Waals surface area contributed by atoms with Gasteiger partial charge in [0.25, 0.3) is 0 Å². The van der Waals surface area contributed by atoms with Gasteiger partial charge >= 0.3 is 0 Å². The largest absolute Gasteiger partial charge is 0.301 e. The Bertz CT molecular complexity index is 61.1. The summed E-state index contributed by atoms with van der Waals surface area (Å²) in [6, 6.07) is 0. The van der Waals surface area contributed by atoms with Crippen LogP contribution in [0.15, 0.2) is 0 Å². The predicted molar refractivity (Wildman–Crippen MR) is 31.7 cm³/mol. The highest BCUT2D eigenvalue weighted by Gasteiger charge is 1.89. The van der Waals surface area contributed by atoms with Crippen molar-refractivity contribution in [1.29, 1.82) is 0 Å². The molecule has 7 heavy (non-hydrogen) atoms. The Morgan fingerprint density at radius 3 is 2.43 bits per heavy atom. The molecule has 0 heterocycles. The molecule has 0 amide bonds. The lowest BCUT2D eigenvalue weighted by atomic mass is 9.71. The zero-order valence-corrected chi connectivity index (χ0v) is 4.90. The lowest BCUT2D eigenvalue weighted by Gasteiger charge is -1.84. The maximum atomic E-state index is 10.2. The summed E-state index contributed by atoms with van der Waals surface area (Å²) in [5, 5.41) is 0. The van der Waals surface area contributed by atoms with Crippen LogP contribution in [0.25, 0.3) is 0 Å². The molecule has 0 unspecified atom stereocenters. The lowest BCUT2D eigenvalue weighted by molar-refractivity contribution is -0.114. The van der Waals surface area contributed by atoms with Crippen LogP contribution >= 0.6 is 0 Å². The van der Waals surface area contributed by atoms with Gasteiger partial charge in [0, 0.05) is 0 Å². The summed E-state index contributed by atoms with van der Waals surface area (Å²) in [6.07, 6.45) is 1.63. The summed E-state index contributed by atoms with van der Waals surface area (Å²) in [7, 11) is 1.97. The van der Waals surface area contributed by atoms with Crippen LogP contribution < -0.4 is 0 Å². The molecule has 1 radical (unpaired) electrons. The molecule has 0 saturated heterocycles. The Morgan fingerprint density at radius 2 is 2.29 bits per heavy atom. The van der Waals surface area contributed by atoms with Crippen molar-refractivity contribution in [1.82, 2.24) is 0 Å². The topological polar surface area (TPSA) is 17.1 Å². The first-order valence-electron chi connectivity index (χ1n) is 2.58. The zero-order chi connectivity index (χ0) is 5.70. The Hall–Kier alpha value is -0.265. The SMILES string of the molecule is CC[B]CC(C)=O. The standard InChI is InChI=1S/C5H10BO/c1-3-6-4-5(2)7/h3-4H2,1-2H3.